The van der Waals surface area contributed by atoms with Gasteiger partial charge in [0, 0.05) is 40.8 Å². The van der Waals surface area contributed by atoms with Gasteiger partial charge in [-0.25, -0.2) is 4.79 Å². The number of ether oxygens (including phenoxy) is 3. The van der Waals surface area contributed by atoms with Crippen molar-refractivity contribution in [2.45, 2.75) is 54.8 Å². The van der Waals surface area contributed by atoms with Gasteiger partial charge in [0.2, 0.25) is 11.2 Å². The lowest BCUT2D eigenvalue weighted by molar-refractivity contribution is -0.173. The molecule has 1 saturated heterocycles. The van der Waals surface area contributed by atoms with Gasteiger partial charge in [-0.1, -0.05) is 41.9 Å². The molecule has 0 bridgehead atoms. The summed E-state index contributed by atoms with van der Waals surface area (Å²) in [5.74, 6) is -1.34. The van der Waals surface area contributed by atoms with E-state index in [-0.39, 0.29) is 0 Å². The number of pyridine rings is 1. The van der Waals surface area contributed by atoms with E-state index in [4.69, 9.17) is 25.8 Å². The number of nitrogens with zero attached hydrogens (tertiary/aromatic N) is 3. The Morgan fingerprint density at radius 1 is 1.07 bits per heavy atom. The number of amides is 1. The molecule has 3 aromatic rings. The topological polar surface area (TPSA) is 90.3 Å². The summed E-state index contributed by atoms with van der Waals surface area (Å²) in [5.41, 5.74) is 0.872. The van der Waals surface area contributed by atoms with Crippen molar-refractivity contribution in [1.82, 2.24) is 9.58 Å². The maximum Gasteiger partial charge on any atom is 0.514 e. The standard InChI is InChI=1S/C30H27ClF3N3O6S/c1-17(30(32,33)34)35-16-37(25-19-6-4-7-22(31)21(19)15-44-24-8-3-2-5-20(24)25)36-12-9-23(38)27(26(36)28(35)39)43-29(40)42-18-10-13-41-14-11-18/h2-9,12,17-18,25H,10-11,13-16H2,1H3/t17-,25+/m1/s1. The highest BCUT2D eigenvalue weighted by Crippen LogP contribution is 2.45. The highest BCUT2D eigenvalue weighted by Gasteiger charge is 2.48. The molecule has 0 unspecified atom stereocenters. The molecule has 1 fully saturated rings. The second kappa shape index (κ2) is 12.0. The van der Waals surface area contributed by atoms with Gasteiger partial charge < -0.3 is 19.1 Å². The number of aromatic nitrogens is 1. The van der Waals surface area contributed by atoms with Crippen LogP contribution in [-0.4, -0.2) is 59.8 Å². The van der Waals surface area contributed by atoms with Gasteiger partial charge in [0.15, 0.2) is 5.69 Å². The van der Waals surface area contributed by atoms with Crippen LogP contribution in [0.1, 0.15) is 53.0 Å². The van der Waals surface area contributed by atoms with Crippen LogP contribution in [0.2, 0.25) is 5.02 Å². The summed E-state index contributed by atoms with van der Waals surface area (Å²) in [6.07, 6.45) is -4.45. The minimum absolute atomic E-state index is 0.367. The lowest BCUT2D eigenvalue weighted by Crippen LogP contribution is -2.60. The van der Waals surface area contributed by atoms with Crippen LogP contribution in [0.5, 0.6) is 5.75 Å². The Labute approximate surface area is 259 Å². The van der Waals surface area contributed by atoms with E-state index in [1.165, 1.54) is 22.6 Å². The molecule has 44 heavy (non-hydrogen) atoms. The van der Waals surface area contributed by atoms with E-state index in [2.05, 4.69) is 0 Å². The molecule has 1 amide bonds. The summed E-state index contributed by atoms with van der Waals surface area (Å²) in [6.45, 7) is 1.10. The molecule has 0 spiro atoms. The number of benzene rings is 2. The minimum atomic E-state index is -4.79. The molecule has 2 atom stereocenters. The summed E-state index contributed by atoms with van der Waals surface area (Å²) < 4.78 is 59.8. The van der Waals surface area contributed by atoms with Crippen LogP contribution in [0, 0.1) is 0 Å². The molecule has 14 heteroatoms. The third kappa shape index (κ3) is 5.64. The molecule has 0 aliphatic carbocycles. The second-order valence-corrected chi connectivity index (χ2v) is 12.0. The molecule has 0 radical (unpaired) electrons. The SMILES string of the molecule is C[C@@H](N1CN([C@@H]2c3ccccc3SCc3c(Cl)cccc32)n2ccc(=O)c(OC(=O)OC3CCOCC3)c2C1=O)C(F)(F)F. The van der Waals surface area contributed by atoms with Gasteiger partial charge in [-0.15, -0.1) is 11.8 Å². The lowest BCUT2D eigenvalue weighted by Gasteiger charge is -2.46. The first-order valence-electron chi connectivity index (χ1n) is 13.9. The Kier molecular flexibility index (Phi) is 8.29. The Balaban J connectivity index is 1.52. The zero-order valence-corrected chi connectivity index (χ0v) is 25.0. The van der Waals surface area contributed by atoms with Crippen molar-refractivity contribution in [1.29, 1.82) is 0 Å². The fourth-order valence-electron chi connectivity index (χ4n) is 5.62. The molecule has 0 saturated carbocycles. The molecular weight excluding hydrogens is 623 g/mol. The summed E-state index contributed by atoms with van der Waals surface area (Å²) >= 11 is 8.17. The normalized spacial score (nSPS) is 19.4. The highest BCUT2D eigenvalue weighted by molar-refractivity contribution is 7.98. The summed E-state index contributed by atoms with van der Waals surface area (Å²) in [5, 5.41) is 2.04. The van der Waals surface area contributed by atoms with Gasteiger partial charge in [-0.05, 0) is 35.7 Å². The summed E-state index contributed by atoms with van der Waals surface area (Å²) in [4.78, 5) is 41.3. The number of alkyl halides is 3. The Morgan fingerprint density at radius 2 is 1.80 bits per heavy atom. The van der Waals surface area contributed by atoms with Crippen molar-refractivity contribution in [3.8, 4) is 5.75 Å². The molecular formula is C30H27ClF3N3O6S. The number of carbonyl (C=O) groups excluding carboxylic acids is 2. The Hall–Kier alpha value is -3.68. The maximum absolute atomic E-state index is 14.2. The van der Waals surface area contributed by atoms with Crippen molar-refractivity contribution in [3.05, 3.63) is 92.4 Å². The number of hydrogen-bond acceptors (Lipinski definition) is 8. The molecule has 3 aliphatic heterocycles. The quantitative estimate of drug-likeness (QED) is 0.323. The average Bonchev–Trinajstić information content (AvgIpc) is 3.16. The number of fused-ring (bicyclic) bond motifs is 3. The molecule has 6 rings (SSSR count). The zero-order valence-electron chi connectivity index (χ0n) is 23.4. The smallest absolute Gasteiger partial charge is 0.430 e. The monoisotopic (exact) mass is 649 g/mol. The summed E-state index contributed by atoms with van der Waals surface area (Å²) in [6, 6.07) is 10.9. The molecule has 9 nitrogen and oxygen atoms in total. The predicted molar refractivity (Wildman–Crippen MR) is 156 cm³/mol. The van der Waals surface area contributed by atoms with Crippen LogP contribution >= 0.6 is 23.4 Å². The molecule has 2 aromatic carbocycles. The molecule has 4 heterocycles. The molecule has 0 N–H and O–H groups in total. The fourth-order valence-corrected chi connectivity index (χ4v) is 7.09. The van der Waals surface area contributed by atoms with E-state index in [0.29, 0.717) is 41.7 Å². The number of thioether (sulfide) groups is 1. The van der Waals surface area contributed by atoms with Gasteiger partial charge in [0.25, 0.3) is 5.91 Å². The van der Waals surface area contributed by atoms with Gasteiger partial charge in [0.05, 0.1) is 19.3 Å². The lowest BCUT2D eigenvalue weighted by atomic mass is 9.94. The third-order valence-corrected chi connectivity index (χ3v) is 9.43. The van der Waals surface area contributed by atoms with Crippen LogP contribution in [0.15, 0.2) is 64.4 Å². The first kappa shape index (κ1) is 30.4. The van der Waals surface area contributed by atoms with Crippen LogP contribution in [0.25, 0.3) is 0 Å². The van der Waals surface area contributed by atoms with E-state index < -0.39 is 60.0 Å². The predicted octanol–water partition coefficient (Wildman–Crippen LogP) is 5.89. The number of hydrogen-bond donors (Lipinski definition) is 0. The van der Waals surface area contributed by atoms with Gasteiger partial charge >= 0.3 is 12.3 Å². The van der Waals surface area contributed by atoms with Gasteiger partial charge in [-0.2, -0.15) is 13.2 Å². The number of rotatable bonds is 4. The van der Waals surface area contributed by atoms with E-state index in [1.54, 1.807) is 17.1 Å². The van der Waals surface area contributed by atoms with Crippen molar-refractivity contribution in [2.75, 3.05) is 24.9 Å². The van der Waals surface area contributed by atoms with E-state index in [0.717, 1.165) is 34.6 Å². The zero-order chi connectivity index (χ0) is 31.2. The fraction of sp³-hybridized carbons (Fsp3) is 0.367. The third-order valence-electron chi connectivity index (χ3n) is 7.96. The maximum atomic E-state index is 14.2. The Bertz CT molecular complexity index is 1660. The van der Waals surface area contributed by atoms with Gasteiger partial charge in [0.1, 0.15) is 18.8 Å². The molecule has 232 valence electrons. The van der Waals surface area contributed by atoms with E-state index in [1.807, 2.05) is 30.3 Å². The van der Waals surface area contributed by atoms with E-state index >= 15 is 0 Å². The van der Waals surface area contributed by atoms with Crippen LogP contribution in [0.3, 0.4) is 0 Å². The largest absolute Gasteiger partial charge is 0.514 e. The van der Waals surface area contributed by atoms with Crippen molar-refractivity contribution >= 4 is 35.4 Å². The van der Waals surface area contributed by atoms with Crippen molar-refractivity contribution in [2.24, 2.45) is 0 Å². The molecule has 3 aliphatic rings. The van der Waals surface area contributed by atoms with Crippen LogP contribution < -0.4 is 15.2 Å². The highest BCUT2D eigenvalue weighted by atomic mass is 35.5. The first-order chi connectivity index (χ1) is 21.0. The first-order valence-corrected chi connectivity index (χ1v) is 15.3. The summed E-state index contributed by atoms with van der Waals surface area (Å²) in [7, 11) is 0. The second-order valence-electron chi connectivity index (χ2n) is 10.6. The van der Waals surface area contributed by atoms with Gasteiger partial charge in [-0.3, -0.25) is 19.3 Å². The number of halogens is 4. The van der Waals surface area contributed by atoms with E-state index in [9.17, 15) is 27.6 Å². The van der Waals surface area contributed by atoms with Crippen molar-refractivity contribution in [3.63, 3.8) is 0 Å². The van der Waals surface area contributed by atoms with Crippen molar-refractivity contribution < 1.29 is 37.0 Å². The number of carbonyl (C=O) groups is 2. The van der Waals surface area contributed by atoms with Crippen LogP contribution in [0.4, 0.5) is 18.0 Å². The molecule has 1 aromatic heterocycles. The average molecular weight is 650 g/mol. The minimum Gasteiger partial charge on any atom is -0.430 e. The Morgan fingerprint density at radius 3 is 2.55 bits per heavy atom. The van der Waals surface area contributed by atoms with Crippen LogP contribution in [-0.2, 0) is 15.2 Å².